The molecule has 319 valence electrons. The Morgan fingerprint density at radius 2 is 0.900 bits per heavy atom. The molecular weight excluding hydrogens is 922 g/mol. The van der Waals surface area contributed by atoms with E-state index < -0.39 is 40.6 Å². The van der Waals surface area contributed by atoms with Crippen LogP contribution in [0.2, 0.25) is 0 Å². The van der Waals surface area contributed by atoms with E-state index in [-0.39, 0.29) is 76.2 Å². The molecule has 0 spiro atoms. The SMILES string of the molecule is COc1nc(-c2ccccc2)ccc1C(=O)C=Nc1c(C)cc(C)cc1C.COc1nc(-c2ccccc2)ccc1C(=O)C=Nc1c(F)c(F)c(F)c(F)c1F.Cl.Cl.[Cu].[Fe]. The first kappa shape index (κ1) is 52.7. The Balaban J connectivity index is 0.000000564. The minimum absolute atomic E-state index is 0. The molecule has 0 saturated carbocycles. The Bertz CT molecular complexity index is 2450. The molecule has 1 radical (unpaired) electrons. The van der Waals surface area contributed by atoms with Crippen LogP contribution in [0.3, 0.4) is 0 Å². The molecule has 60 heavy (non-hydrogen) atoms. The maximum atomic E-state index is 13.7. The van der Waals surface area contributed by atoms with E-state index in [4.69, 9.17) is 9.47 Å². The molecule has 2 aromatic heterocycles. The second kappa shape index (κ2) is 24.1. The van der Waals surface area contributed by atoms with Crippen molar-refractivity contribution in [3.8, 4) is 34.3 Å². The van der Waals surface area contributed by atoms with Gasteiger partial charge >= 0.3 is 0 Å². The third-order valence-electron chi connectivity index (χ3n) is 8.22. The van der Waals surface area contributed by atoms with Gasteiger partial charge in [0.2, 0.25) is 29.1 Å². The maximum Gasteiger partial charge on any atom is 0.225 e. The Hall–Kier alpha value is -5.27. The number of Topliss-reactive ketones (excluding diaryl/α,β-unsaturated/α-hetero) is 2. The van der Waals surface area contributed by atoms with Gasteiger partial charge in [0, 0.05) is 45.3 Å². The predicted molar refractivity (Wildman–Crippen MR) is 219 cm³/mol. The molecule has 0 saturated heterocycles. The molecule has 0 atom stereocenters. The molecule has 8 nitrogen and oxygen atoms in total. The van der Waals surface area contributed by atoms with Crippen LogP contribution in [0.15, 0.2) is 107 Å². The maximum absolute atomic E-state index is 13.7. The monoisotopic (exact) mass is 955 g/mol. The van der Waals surface area contributed by atoms with E-state index in [2.05, 4.69) is 32.1 Å². The van der Waals surface area contributed by atoms with E-state index in [0.717, 1.165) is 33.6 Å². The van der Waals surface area contributed by atoms with Crippen LogP contribution in [0.25, 0.3) is 22.5 Å². The summed E-state index contributed by atoms with van der Waals surface area (Å²) in [6.07, 6.45) is 1.77. The van der Waals surface area contributed by atoms with Crippen LogP contribution < -0.4 is 9.47 Å². The fourth-order valence-electron chi connectivity index (χ4n) is 5.57. The quantitative estimate of drug-likeness (QED) is 0.0338. The van der Waals surface area contributed by atoms with Crippen molar-refractivity contribution in [2.75, 3.05) is 14.2 Å². The summed E-state index contributed by atoms with van der Waals surface area (Å²) in [5, 5.41) is 0. The van der Waals surface area contributed by atoms with Gasteiger partial charge in [-0.25, -0.2) is 36.9 Å². The Kier molecular flexibility index (Phi) is 21.2. The summed E-state index contributed by atoms with van der Waals surface area (Å²) in [7, 11) is 2.77. The van der Waals surface area contributed by atoms with Crippen LogP contribution in [0.5, 0.6) is 11.8 Å². The number of aromatic nitrogens is 2. The van der Waals surface area contributed by atoms with Crippen molar-refractivity contribution < 1.29 is 75.2 Å². The fourth-order valence-corrected chi connectivity index (χ4v) is 5.57. The minimum Gasteiger partial charge on any atom is -0.480 e. The zero-order valence-electron chi connectivity index (χ0n) is 32.2. The fraction of sp³-hybridized carbons (Fsp3) is 0.116. The van der Waals surface area contributed by atoms with Crippen molar-refractivity contribution >= 4 is 60.2 Å². The largest absolute Gasteiger partial charge is 0.480 e. The summed E-state index contributed by atoms with van der Waals surface area (Å²) in [5.41, 5.74) is 5.86. The van der Waals surface area contributed by atoms with Crippen molar-refractivity contribution in [3.05, 3.63) is 154 Å². The average Bonchev–Trinajstić information content (AvgIpc) is 3.22. The molecule has 0 aliphatic heterocycles. The van der Waals surface area contributed by atoms with Gasteiger partial charge in [0.15, 0.2) is 23.3 Å². The minimum atomic E-state index is -2.31. The van der Waals surface area contributed by atoms with E-state index in [1.54, 1.807) is 30.3 Å². The molecule has 0 N–H and O–H groups in total. The first-order valence-corrected chi connectivity index (χ1v) is 16.8. The summed E-state index contributed by atoms with van der Waals surface area (Å²) in [5.74, 6) is -11.9. The number of carbonyl (C=O) groups excluding carboxylic acids is 2. The number of aryl methyl sites for hydroxylation is 3. The Morgan fingerprint density at radius 1 is 0.550 bits per heavy atom. The molecule has 0 unspecified atom stereocenters. The van der Waals surface area contributed by atoms with Gasteiger partial charge in [-0.15, -0.1) is 24.8 Å². The normalized spacial score (nSPS) is 10.3. The van der Waals surface area contributed by atoms with Gasteiger partial charge in [-0.2, -0.15) is 0 Å². The number of hydrogen-bond donors (Lipinski definition) is 0. The number of benzene rings is 4. The Labute approximate surface area is 376 Å². The third kappa shape index (κ3) is 12.4. The summed E-state index contributed by atoms with van der Waals surface area (Å²) in [6.45, 7) is 6.03. The van der Waals surface area contributed by atoms with E-state index in [9.17, 15) is 31.5 Å². The summed E-state index contributed by atoms with van der Waals surface area (Å²) in [4.78, 5) is 41.2. The number of ether oxygens (including phenoxy) is 2. The number of halogens is 7. The van der Waals surface area contributed by atoms with E-state index in [1.165, 1.54) is 38.1 Å². The summed E-state index contributed by atoms with van der Waals surface area (Å²) in [6, 6.07) is 29.3. The van der Waals surface area contributed by atoms with E-state index in [1.807, 2.05) is 63.2 Å². The van der Waals surface area contributed by atoms with Crippen LogP contribution in [0.4, 0.5) is 33.3 Å². The van der Waals surface area contributed by atoms with Gasteiger partial charge in [-0.1, -0.05) is 78.4 Å². The molecule has 0 aliphatic carbocycles. The summed E-state index contributed by atoms with van der Waals surface area (Å²) >= 11 is 0. The Morgan fingerprint density at radius 3 is 1.27 bits per heavy atom. The summed E-state index contributed by atoms with van der Waals surface area (Å²) < 4.78 is 77.3. The molecule has 0 bridgehead atoms. The molecule has 6 rings (SSSR count). The van der Waals surface area contributed by atoms with Gasteiger partial charge in [0.05, 0.1) is 54.9 Å². The zero-order chi connectivity index (χ0) is 40.5. The van der Waals surface area contributed by atoms with Crippen molar-refractivity contribution in [1.29, 1.82) is 0 Å². The standard InChI is InChI=1S/C23H22N2O2.C20H11F5N2O2.2ClH.Cu.Fe/c1-15-12-16(2)22(17(3)13-15)24-14-21(26)19-10-11-20(25-23(19)27-4)18-8-6-5-7-9-18;1-29-20-11(7-8-12(27-20)10-5-3-2-4-6-10)13(28)9-26-19-17(24)15(22)14(21)16(23)18(19)25;;;;/h5-14H,1-4H3;2-9H,1H3;2*1H;;. The van der Waals surface area contributed by atoms with Crippen LogP contribution >= 0.6 is 24.8 Å². The predicted octanol–water partition coefficient (Wildman–Crippen LogP) is 11.1. The molecule has 0 fully saturated rings. The third-order valence-corrected chi connectivity index (χ3v) is 8.22. The average molecular weight is 957 g/mol. The van der Waals surface area contributed by atoms with Crippen molar-refractivity contribution in [3.63, 3.8) is 0 Å². The number of carbonyl (C=O) groups is 2. The molecule has 6 aromatic rings. The first-order valence-electron chi connectivity index (χ1n) is 16.8. The van der Waals surface area contributed by atoms with Gasteiger partial charge in [0.1, 0.15) is 5.69 Å². The second-order valence-corrected chi connectivity index (χ2v) is 12.1. The van der Waals surface area contributed by atoms with Crippen molar-refractivity contribution in [2.45, 2.75) is 20.8 Å². The molecule has 17 heteroatoms. The number of nitrogens with zero attached hydrogens (tertiary/aromatic N) is 4. The van der Waals surface area contributed by atoms with Crippen LogP contribution in [0, 0.1) is 49.9 Å². The van der Waals surface area contributed by atoms with E-state index >= 15 is 0 Å². The van der Waals surface area contributed by atoms with Gasteiger partial charge in [-0.05, 0) is 56.2 Å². The van der Waals surface area contributed by atoms with Gasteiger partial charge in [0.25, 0.3) is 0 Å². The molecule has 2 heterocycles. The van der Waals surface area contributed by atoms with Crippen LogP contribution in [-0.4, -0.2) is 48.2 Å². The topological polar surface area (TPSA) is 103 Å². The van der Waals surface area contributed by atoms with Crippen LogP contribution in [-0.2, 0) is 34.1 Å². The van der Waals surface area contributed by atoms with Crippen molar-refractivity contribution in [1.82, 2.24) is 9.97 Å². The number of ketones is 2. The number of pyridine rings is 2. The number of hydrogen-bond acceptors (Lipinski definition) is 8. The number of methoxy groups -OCH3 is 2. The smallest absolute Gasteiger partial charge is 0.225 e. The number of rotatable bonds is 10. The first-order chi connectivity index (χ1) is 26.8. The van der Waals surface area contributed by atoms with Crippen molar-refractivity contribution in [2.24, 2.45) is 9.98 Å². The molecule has 0 amide bonds. The van der Waals surface area contributed by atoms with Gasteiger partial charge < -0.3 is 9.47 Å². The van der Waals surface area contributed by atoms with Gasteiger partial charge in [-0.3, -0.25) is 14.6 Å². The number of aliphatic imine (C=N–C) groups is 2. The second-order valence-electron chi connectivity index (χ2n) is 12.1. The molecule has 0 aliphatic rings. The van der Waals surface area contributed by atoms with E-state index in [0.29, 0.717) is 23.4 Å². The zero-order valence-corrected chi connectivity index (χ0v) is 35.9. The molecule has 4 aromatic carbocycles. The molecular formula is C43H35Cl2CuF5FeN4O4. The van der Waals surface area contributed by atoms with Crippen LogP contribution in [0.1, 0.15) is 37.4 Å².